The van der Waals surface area contributed by atoms with Crippen LogP contribution in [0, 0.1) is 5.92 Å². The molecule has 6 heteroatoms. The number of benzene rings is 2. The highest BCUT2D eigenvalue weighted by molar-refractivity contribution is 5.79. The zero-order valence-electron chi connectivity index (χ0n) is 19.0. The van der Waals surface area contributed by atoms with Gasteiger partial charge in [0.1, 0.15) is 5.75 Å². The van der Waals surface area contributed by atoms with Crippen molar-refractivity contribution < 1.29 is 9.47 Å². The fraction of sp³-hybridized carbons (Fsp3) is 0.480. The van der Waals surface area contributed by atoms with E-state index in [2.05, 4.69) is 57.8 Å². The van der Waals surface area contributed by atoms with E-state index >= 15 is 0 Å². The first-order chi connectivity index (χ1) is 15.2. The number of nitrogens with one attached hydrogen (secondary N) is 2. The van der Waals surface area contributed by atoms with Crippen molar-refractivity contribution in [2.45, 2.75) is 25.9 Å². The van der Waals surface area contributed by atoms with Crippen molar-refractivity contribution in [3.05, 3.63) is 60.2 Å². The molecule has 2 atom stereocenters. The van der Waals surface area contributed by atoms with E-state index < -0.39 is 0 Å². The first kappa shape index (κ1) is 22.9. The highest BCUT2D eigenvalue weighted by Crippen LogP contribution is 2.26. The van der Waals surface area contributed by atoms with Crippen LogP contribution in [0.2, 0.25) is 0 Å². The molecule has 2 aromatic carbocycles. The number of ether oxygens (including phenoxy) is 2. The van der Waals surface area contributed by atoms with Crippen LogP contribution in [0.1, 0.15) is 31.4 Å². The van der Waals surface area contributed by atoms with Gasteiger partial charge in [-0.15, -0.1) is 0 Å². The van der Waals surface area contributed by atoms with Gasteiger partial charge in [0.2, 0.25) is 0 Å². The number of guanidine groups is 1. The lowest BCUT2D eigenvalue weighted by molar-refractivity contribution is 0.0646. The molecular weight excluding hydrogens is 388 g/mol. The van der Waals surface area contributed by atoms with Crippen LogP contribution >= 0.6 is 0 Å². The number of rotatable bonds is 10. The molecule has 0 aromatic heterocycles. The normalized spacial score (nSPS) is 17.5. The van der Waals surface area contributed by atoms with Crippen LogP contribution in [0.5, 0.6) is 5.75 Å². The largest absolute Gasteiger partial charge is 0.497 e. The second-order valence-corrected chi connectivity index (χ2v) is 7.96. The summed E-state index contributed by atoms with van der Waals surface area (Å²) in [5.74, 6) is 2.36. The van der Waals surface area contributed by atoms with Gasteiger partial charge in [-0.1, -0.05) is 36.4 Å². The van der Waals surface area contributed by atoms with Crippen molar-refractivity contribution in [2.24, 2.45) is 10.9 Å². The lowest BCUT2D eigenvalue weighted by atomic mass is 10.1. The molecule has 0 saturated carbocycles. The highest BCUT2D eigenvalue weighted by Gasteiger charge is 2.23. The van der Waals surface area contributed by atoms with E-state index in [1.54, 1.807) is 7.11 Å². The van der Waals surface area contributed by atoms with Gasteiger partial charge in [-0.25, -0.2) is 0 Å². The van der Waals surface area contributed by atoms with E-state index in [-0.39, 0.29) is 6.10 Å². The third-order valence-electron chi connectivity index (χ3n) is 5.74. The molecule has 3 rings (SSSR count). The molecule has 2 aromatic rings. The molecule has 0 radical (unpaired) electrons. The Kier molecular flexibility index (Phi) is 9.03. The summed E-state index contributed by atoms with van der Waals surface area (Å²) >= 11 is 0. The Labute approximate surface area is 186 Å². The SMILES string of the molecule is CN=C(NCCCOC(C)c1ccccc1)NCC1CCN(c2cccc(OC)c2)C1. The Morgan fingerprint density at radius 2 is 2.00 bits per heavy atom. The van der Waals surface area contributed by atoms with Gasteiger partial charge in [-0.2, -0.15) is 0 Å². The number of methoxy groups -OCH3 is 1. The van der Waals surface area contributed by atoms with Gasteiger partial charge in [0.05, 0.1) is 13.2 Å². The van der Waals surface area contributed by atoms with Gasteiger partial charge in [0, 0.05) is 51.6 Å². The smallest absolute Gasteiger partial charge is 0.190 e. The fourth-order valence-electron chi connectivity index (χ4n) is 3.86. The molecule has 0 spiro atoms. The number of hydrogen-bond acceptors (Lipinski definition) is 4. The topological polar surface area (TPSA) is 58.1 Å². The second kappa shape index (κ2) is 12.2. The molecule has 1 aliphatic heterocycles. The van der Waals surface area contributed by atoms with E-state index in [4.69, 9.17) is 9.47 Å². The van der Waals surface area contributed by atoms with Gasteiger partial charge >= 0.3 is 0 Å². The maximum atomic E-state index is 5.94. The molecule has 1 saturated heterocycles. The van der Waals surface area contributed by atoms with Crippen molar-refractivity contribution >= 4 is 11.6 Å². The number of anilines is 1. The summed E-state index contributed by atoms with van der Waals surface area (Å²) in [6, 6.07) is 18.6. The molecule has 0 bridgehead atoms. The quantitative estimate of drug-likeness (QED) is 0.345. The zero-order valence-corrected chi connectivity index (χ0v) is 19.0. The number of aliphatic imine (C=N–C) groups is 1. The van der Waals surface area contributed by atoms with Gasteiger partial charge in [-0.05, 0) is 43.4 Å². The average molecular weight is 425 g/mol. The van der Waals surface area contributed by atoms with E-state index in [0.29, 0.717) is 5.92 Å². The maximum absolute atomic E-state index is 5.94. The van der Waals surface area contributed by atoms with Crippen molar-refractivity contribution in [3.63, 3.8) is 0 Å². The van der Waals surface area contributed by atoms with Crippen LogP contribution in [-0.2, 0) is 4.74 Å². The van der Waals surface area contributed by atoms with Crippen LogP contribution in [0.25, 0.3) is 0 Å². The third-order valence-corrected chi connectivity index (χ3v) is 5.74. The van der Waals surface area contributed by atoms with Crippen LogP contribution in [-0.4, -0.2) is 52.9 Å². The van der Waals surface area contributed by atoms with Gasteiger partial charge in [-0.3, -0.25) is 4.99 Å². The summed E-state index contributed by atoms with van der Waals surface area (Å²) in [5, 5.41) is 6.87. The summed E-state index contributed by atoms with van der Waals surface area (Å²) in [4.78, 5) is 6.78. The summed E-state index contributed by atoms with van der Waals surface area (Å²) in [5.41, 5.74) is 2.45. The lowest BCUT2D eigenvalue weighted by Crippen LogP contribution is -2.40. The van der Waals surface area contributed by atoms with E-state index in [1.807, 2.05) is 31.3 Å². The Balaban J connectivity index is 1.31. The van der Waals surface area contributed by atoms with Crippen molar-refractivity contribution in [1.82, 2.24) is 10.6 Å². The Morgan fingerprint density at radius 3 is 2.77 bits per heavy atom. The van der Waals surface area contributed by atoms with E-state index in [1.165, 1.54) is 17.7 Å². The molecule has 6 nitrogen and oxygen atoms in total. The van der Waals surface area contributed by atoms with Crippen molar-refractivity contribution in [1.29, 1.82) is 0 Å². The molecular formula is C25H36N4O2. The Bertz CT molecular complexity index is 812. The zero-order chi connectivity index (χ0) is 21.9. The predicted octanol–water partition coefficient (Wildman–Crippen LogP) is 3.85. The van der Waals surface area contributed by atoms with Crippen molar-refractivity contribution in [2.75, 3.05) is 51.8 Å². The highest BCUT2D eigenvalue weighted by atomic mass is 16.5. The van der Waals surface area contributed by atoms with Crippen LogP contribution in [0.3, 0.4) is 0 Å². The monoisotopic (exact) mass is 424 g/mol. The first-order valence-electron chi connectivity index (χ1n) is 11.2. The lowest BCUT2D eigenvalue weighted by Gasteiger charge is -2.20. The summed E-state index contributed by atoms with van der Waals surface area (Å²) < 4.78 is 11.3. The minimum absolute atomic E-state index is 0.119. The first-order valence-corrected chi connectivity index (χ1v) is 11.2. The summed E-state index contributed by atoms with van der Waals surface area (Å²) in [7, 11) is 3.53. The molecule has 0 amide bonds. The Morgan fingerprint density at radius 1 is 1.16 bits per heavy atom. The van der Waals surface area contributed by atoms with Gasteiger partial charge < -0.3 is 25.0 Å². The molecule has 2 unspecified atom stereocenters. The molecule has 1 fully saturated rings. The van der Waals surface area contributed by atoms with Crippen LogP contribution in [0.4, 0.5) is 5.69 Å². The Hall–Kier alpha value is -2.73. The van der Waals surface area contributed by atoms with E-state index in [9.17, 15) is 0 Å². The van der Waals surface area contributed by atoms with Gasteiger partial charge in [0.25, 0.3) is 0 Å². The standard InChI is InChI=1S/C25H36N4O2/c1-20(22-9-5-4-6-10-22)31-16-8-14-27-25(26-2)28-18-21-13-15-29(19-21)23-11-7-12-24(17-23)30-3/h4-7,9-12,17,20-21H,8,13-16,18-19H2,1-3H3,(H2,26,27,28). The molecule has 1 aliphatic rings. The second-order valence-electron chi connectivity index (χ2n) is 7.96. The fourth-order valence-corrected chi connectivity index (χ4v) is 3.86. The minimum atomic E-state index is 0.119. The average Bonchev–Trinajstić information content (AvgIpc) is 3.30. The van der Waals surface area contributed by atoms with Crippen LogP contribution in [0.15, 0.2) is 59.6 Å². The maximum Gasteiger partial charge on any atom is 0.190 e. The molecule has 168 valence electrons. The van der Waals surface area contributed by atoms with Gasteiger partial charge in [0.15, 0.2) is 5.96 Å². The summed E-state index contributed by atoms with van der Waals surface area (Å²) in [6.45, 7) is 6.69. The molecule has 2 N–H and O–H groups in total. The van der Waals surface area contributed by atoms with Crippen LogP contribution < -0.4 is 20.3 Å². The summed E-state index contributed by atoms with van der Waals surface area (Å²) in [6.07, 6.45) is 2.23. The molecule has 0 aliphatic carbocycles. The van der Waals surface area contributed by atoms with E-state index in [0.717, 1.165) is 50.9 Å². The predicted molar refractivity (Wildman–Crippen MR) is 128 cm³/mol. The molecule has 1 heterocycles. The number of nitrogens with zero attached hydrogens (tertiary/aromatic N) is 2. The molecule has 31 heavy (non-hydrogen) atoms. The van der Waals surface area contributed by atoms with Crippen molar-refractivity contribution in [3.8, 4) is 5.75 Å². The minimum Gasteiger partial charge on any atom is -0.497 e. The number of hydrogen-bond donors (Lipinski definition) is 2. The third kappa shape index (κ3) is 7.17.